The van der Waals surface area contributed by atoms with Gasteiger partial charge in [0.05, 0.1) is 10.6 Å². The van der Waals surface area contributed by atoms with Crippen LogP contribution in [0.25, 0.3) is 0 Å². The van der Waals surface area contributed by atoms with Crippen molar-refractivity contribution in [2.24, 2.45) is 0 Å². The van der Waals surface area contributed by atoms with Crippen LogP contribution in [-0.2, 0) is 6.54 Å². The summed E-state index contributed by atoms with van der Waals surface area (Å²) in [7, 11) is 0. The molecule has 2 aromatic rings. The lowest BCUT2D eigenvalue weighted by Gasteiger charge is -2.09. The molecule has 0 unspecified atom stereocenters. The van der Waals surface area contributed by atoms with Crippen LogP contribution in [0.3, 0.4) is 0 Å². The number of non-ortho nitro benzene ring substituents is 1. The summed E-state index contributed by atoms with van der Waals surface area (Å²) in [4.78, 5) is 10.1. The number of hydrogen-bond acceptors (Lipinski definition) is 3. The third-order valence-electron chi connectivity index (χ3n) is 2.65. The lowest BCUT2D eigenvalue weighted by molar-refractivity contribution is -0.384. The van der Waals surface area contributed by atoms with E-state index in [9.17, 15) is 14.5 Å². The van der Waals surface area contributed by atoms with E-state index in [-0.39, 0.29) is 11.4 Å². The zero-order valence-electron chi connectivity index (χ0n) is 10.1. The fourth-order valence-corrected chi connectivity index (χ4v) is 2.44. The Bertz CT molecular complexity index is 667. The van der Waals surface area contributed by atoms with E-state index < -0.39 is 10.7 Å². The number of anilines is 1. The Hall–Kier alpha value is -1.66. The molecule has 0 amide bonds. The fraction of sp³-hybridized carbons (Fsp3) is 0.0769. The Morgan fingerprint density at radius 3 is 2.70 bits per heavy atom. The maximum absolute atomic E-state index is 13.6. The molecule has 0 aromatic heterocycles. The molecule has 0 aliphatic heterocycles. The Morgan fingerprint density at radius 1 is 1.30 bits per heavy atom. The zero-order valence-corrected chi connectivity index (χ0v) is 12.4. The van der Waals surface area contributed by atoms with Crippen molar-refractivity contribution in [1.82, 2.24) is 0 Å². The molecule has 0 spiro atoms. The fourth-order valence-electron chi connectivity index (χ4n) is 1.62. The monoisotopic (exact) mass is 358 g/mol. The number of nitrogens with zero attached hydrogens (tertiary/aromatic N) is 1. The molecule has 2 aromatic carbocycles. The number of rotatable bonds is 4. The number of nitrogens with one attached hydrogen (secondary N) is 1. The summed E-state index contributed by atoms with van der Waals surface area (Å²) in [6, 6.07) is 8.58. The summed E-state index contributed by atoms with van der Waals surface area (Å²) in [6.45, 7) is 0.315. The van der Waals surface area contributed by atoms with Crippen LogP contribution in [0.5, 0.6) is 0 Å². The van der Waals surface area contributed by atoms with Crippen LogP contribution in [0.4, 0.5) is 15.8 Å². The first-order valence-corrected chi connectivity index (χ1v) is 6.76. The van der Waals surface area contributed by atoms with Crippen LogP contribution in [-0.4, -0.2) is 4.92 Å². The standard InChI is InChI=1S/C13H9BrClFN2O2/c14-11-5-9(15)2-1-8(11)7-17-13-6-10(18(19)20)3-4-12(13)16/h1-6,17H,7H2. The summed E-state index contributed by atoms with van der Waals surface area (Å²) >= 11 is 9.18. The minimum atomic E-state index is -0.567. The quantitative estimate of drug-likeness (QED) is 0.632. The Labute approximate surface area is 127 Å². The van der Waals surface area contributed by atoms with Gasteiger partial charge in [0.1, 0.15) is 5.82 Å². The third kappa shape index (κ3) is 3.46. The van der Waals surface area contributed by atoms with Gasteiger partial charge in [-0.05, 0) is 23.8 Å². The van der Waals surface area contributed by atoms with Crippen molar-refractivity contribution in [3.63, 3.8) is 0 Å². The molecule has 0 radical (unpaired) electrons. The van der Waals surface area contributed by atoms with E-state index in [1.165, 1.54) is 6.07 Å². The number of nitro benzene ring substituents is 1. The van der Waals surface area contributed by atoms with Gasteiger partial charge in [0.2, 0.25) is 0 Å². The van der Waals surface area contributed by atoms with Crippen molar-refractivity contribution in [3.8, 4) is 0 Å². The number of benzene rings is 2. The van der Waals surface area contributed by atoms with E-state index in [4.69, 9.17) is 11.6 Å². The lowest BCUT2D eigenvalue weighted by Crippen LogP contribution is -2.03. The average molecular weight is 360 g/mol. The molecule has 0 aliphatic carbocycles. The third-order valence-corrected chi connectivity index (χ3v) is 3.62. The minimum Gasteiger partial charge on any atom is -0.378 e. The minimum absolute atomic E-state index is 0.0843. The first-order chi connectivity index (χ1) is 9.47. The Kier molecular flexibility index (Phi) is 4.57. The van der Waals surface area contributed by atoms with Gasteiger partial charge in [-0.3, -0.25) is 10.1 Å². The highest BCUT2D eigenvalue weighted by Crippen LogP contribution is 2.25. The molecule has 0 aliphatic rings. The molecule has 0 atom stereocenters. The molecule has 0 saturated heterocycles. The molecule has 20 heavy (non-hydrogen) atoms. The molecule has 0 heterocycles. The molecule has 4 nitrogen and oxygen atoms in total. The summed E-state index contributed by atoms with van der Waals surface area (Å²) in [5, 5.41) is 14.1. The summed E-state index contributed by atoms with van der Waals surface area (Å²) in [5.41, 5.74) is 0.783. The van der Waals surface area contributed by atoms with Gasteiger partial charge in [-0.15, -0.1) is 0 Å². The first-order valence-electron chi connectivity index (χ1n) is 5.59. The van der Waals surface area contributed by atoms with Crippen LogP contribution in [0.15, 0.2) is 40.9 Å². The van der Waals surface area contributed by atoms with E-state index >= 15 is 0 Å². The van der Waals surface area contributed by atoms with E-state index in [0.717, 1.165) is 22.2 Å². The van der Waals surface area contributed by atoms with Crippen LogP contribution in [0, 0.1) is 15.9 Å². The number of nitro groups is 1. The largest absolute Gasteiger partial charge is 0.378 e. The summed E-state index contributed by atoms with van der Waals surface area (Å²) < 4.78 is 14.4. The molecule has 0 fully saturated rings. The highest BCUT2D eigenvalue weighted by Gasteiger charge is 2.11. The topological polar surface area (TPSA) is 55.2 Å². The second-order valence-corrected chi connectivity index (χ2v) is 5.30. The van der Waals surface area contributed by atoms with Gasteiger partial charge in [-0.2, -0.15) is 0 Å². The lowest BCUT2D eigenvalue weighted by atomic mass is 10.2. The highest BCUT2D eigenvalue weighted by molar-refractivity contribution is 9.10. The smallest absolute Gasteiger partial charge is 0.271 e. The van der Waals surface area contributed by atoms with Gasteiger partial charge in [0.15, 0.2) is 0 Å². The van der Waals surface area contributed by atoms with Crippen LogP contribution in [0.1, 0.15) is 5.56 Å². The average Bonchev–Trinajstić information content (AvgIpc) is 2.39. The molecule has 0 saturated carbocycles. The molecular formula is C13H9BrClFN2O2. The summed E-state index contributed by atoms with van der Waals surface area (Å²) in [5.74, 6) is -0.541. The van der Waals surface area contributed by atoms with Gasteiger partial charge in [0, 0.05) is 28.2 Å². The van der Waals surface area contributed by atoms with Crippen LogP contribution >= 0.6 is 27.5 Å². The summed E-state index contributed by atoms with van der Waals surface area (Å²) in [6.07, 6.45) is 0. The van der Waals surface area contributed by atoms with Crippen molar-refractivity contribution in [3.05, 3.63) is 67.4 Å². The Morgan fingerprint density at radius 2 is 2.05 bits per heavy atom. The predicted molar refractivity (Wildman–Crippen MR) is 79.5 cm³/mol. The molecule has 7 heteroatoms. The normalized spacial score (nSPS) is 10.3. The maximum atomic E-state index is 13.6. The van der Waals surface area contributed by atoms with E-state index in [2.05, 4.69) is 21.2 Å². The molecule has 2 rings (SSSR count). The zero-order chi connectivity index (χ0) is 14.7. The number of hydrogen-bond donors (Lipinski definition) is 1. The van der Waals surface area contributed by atoms with Crippen molar-refractivity contribution in [2.75, 3.05) is 5.32 Å². The Balaban J connectivity index is 2.18. The van der Waals surface area contributed by atoms with Crippen molar-refractivity contribution in [2.45, 2.75) is 6.54 Å². The van der Waals surface area contributed by atoms with E-state index in [1.54, 1.807) is 18.2 Å². The second kappa shape index (κ2) is 6.19. The van der Waals surface area contributed by atoms with Gasteiger partial charge in [-0.25, -0.2) is 4.39 Å². The molecule has 104 valence electrons. The van der Waals surface area contributed by atoms with E-state index in [1.807, 2.05) is 0 Å². The molecule has 0 bridgehead atoms. The second-order valence-electron chi connectivity index (χ2n) is 4.01. The van der Waals surface area contributed by atoms with Crippen molar-refractivity contribution >= 4 is 38.9 Å². The number of halogens is 3. The van der Waals surface area contributed by atoms with E-state index in [0.29, 0.717) is 11.6 Å². The SMILES string of the molecule is O=[N+]([O-])c1ccc(F)c(NCc2ccc(Cl)cc2Br)c1. The van der Waals surface area contributed by atoms with Gasteiger partial charge in [-0.1, -0.05) is 33.6 Å². The van der Waals surface area contributed by atoms with Gasteiger partial charge in [0.25, 0.3) is 5.69 Å². The van der Waals surface area contributed by atoms with Gasteiger partial charge >= 0.3 is 0 Å². The maximum Gasteiger partial charge on any atom is 0.271 e. The van der Waals surface area contributed by atoms with Crippen molar-refractivity contribution in [1.29, 1.82) is 0 Å². The predicted octanol–water partition coefficient (Wildman–Crippen LogP) is 4.76. The van der Waals surface area contributed by atoms with Crippen LogP contribution < -0.4 is 5.32 Å². The highest BCUT2D eigenvalue weighted by atomic mass is 79.9. The van der Waals surface area contributed by atoms with Crippen LogP contribution in [0.2, 0.25) is 5.02 Å². The molecular weight excluding hydrogens is 351 g/mol. The van der Waals surface area contributed by atoms with Crippen molar-refractivity contribution < 1.29 is 9.31 Å². The first kappa shape index (κ1) is 14.7. The van der Waals surface area contributed by atoms with Gasteiger partial charge < -0.3 is 5.32 Å². The molecule has 1 N–H and O–H groups in total.